The van der Waals surface area contributed by atoms with Crippen LogP contribution in [-0.4, -0.2) is 62.7 Å². The highest BCUT2D eigenvalue weighted by molar-refractivity contribution is 5.92. The summed E-state index contributed by atoms with van der Waals surface area (Å²) in [5.41, 5.74) is 1.73. The van der Waals surface area contributed by atoms with Crippen LogP contribution < -0.4 is 4.90 Å². The van der Waals surface area contributed by atoms with E-state index >= 15 is 0 Å². The van der Waals surface area contributed by atoms with Crippen LogP contribution in [-0.2, 0) is 4.74 Å². The number of pyridine rings is 1. The SMILES string of the molecule is CC(C)COC(=O)N1C2CCC1CN(c1ncnc3[nH]c(-c4ccncc4F)cc13)C2. The third kappa shape index (κ3) is 3.58. The van der Waals surface area contributed by atoms with Gasteiger partial charge in [0.2, 0.25) is 0 Å². The van der Waals surface area contributed by atoms with Gasteiger partial charge in [0.1, 0.15) is 17.8 Å². The van der Waals surface area contributed by atoms with Crippen LogP contribution in [0.4, 0.5) is 15.0 Å². The second-order valence-electron chi connectivity index (χ2n) is 8.67. The number of ether oxygens (including phenoxy) is 1. The van der Waals surface area contributed by atoms with Gasteiger partial charge >= 0.3 is 6.09 Å². The first-order valence-electron chi connectivity index (χ1n) is 10.6. The van der Waals surface area contributed by atoms with Gasteiger partial charge in [-0.15, -0.1) is 0 Å². The standard InChI is InChI=1S/C22H25FN6O2/c1-13(2)11-31-22(30)29-14-3-4-15(29)10-28(9-14)21-17-7-19(27-20(17)25-12-26-21)16-5-6-24-8-18(16)23/h5-8,12-15H,3-4,9-11H2,1-2H3,(H,25,26,27). The molecule has 3 aromatic heterocycles. The number of aromatic amines is 1. The predicted molar refractivity (Wildman–Crippen MR) is 114 cm³/mol. The van der Waals surface area contributed by atoms with Crippen molar-refractivity contribution in [3.8, 4) is 11.3 Å². The molecule has 2 saturated heterocycles. The van der Waals surface area contributed by atoms with Gasteiger partial charge < -0.3 is 14.6 Å². The number of piperazine rings is 1. The second-order valence-corrected chi connectivity index (χ2v) is 8.67. The highest BCUT2D eigenvalue weighted by Gasteiger charge is 2.44. The van der Waals surface area contributed by atoms with E-state index in [0.29, 0.717) is 42.5 Å². The molecule has 0 aromatic carbocycles. The van der Waals surface area contributed by atoms with Crippen molar-refractivity contribution < 1.29 is 13.9 Å². The molecular weight excluding hydrogens is 399 g/mol. The fraction of sp³-hybridized carbons (Fsp3) is 0.455. The van der Waals surface area contributed by atoms with E-state index in [4.69, 9.17) is 4.74 Å². The van der Waals surface area contributed by atoms with Gasteiger partial charge in [-0.2, -0.15) is 0 Å². The molecule has 1 N–H and O–H groups in total. The normalized spacial score (nSPS) is 20.6. The van der Waals surface area contributed by atoms with Gasteiger partial charge in [-0.05, 0) is 30.9 Å². The van der Waals surface area contributed by atoms with Crippen LogP contribution in [0.15, 0.2) is 30.9 Å². The van der Waals surface area contributed by atoms with Gasteiger partial charge in [-0.25, -0.2) is 19.2 Å². The number of H-pyrrole nitrogens is 1. The van der Waals surface area contributed by atoms with E-state index in [1.165, 1.54) is 12.5 Å². The molecule has 2 atom stereocenters. The number of amides is 1. The van der Waals surface area contributed by atoms with Crippen molar-refractivity contribution in [3.05, 3.63) is 36.7 Å². The lowest BCUT2D eigenvalue weighted by molar-refractivity contribution is 0.0704. The molecule has 2 aliphatic heterocycles. The zero-order chi connectivity index (χ0) is 21.5. The van der Waals surface area contributed by atoms with Crippen LogP contribution in [0, 0.1) is 11.7 Å². The Balaban J connectivity index is 1.41. The maximum absolute atomic E-state index is 14.2. The maximum Gasteiger partial charge on any atom is 0.410 e. The summed E-state index contributed by atoms with van der Waals surface area (Å²) in [6.45, 7) is 5.86. The minimum atomic E-state index is -0.393. The Morgan fingerprint density at radius 2 is 2.06 bits per heavy atom. The Morgan fingerprint density at radius 3 is 2.77 bits per heavy atom. The lowest BCUT2D eigenvalue weighted by atomic mass is 10.1. The number of rotatable bonds is 4. The van der Waals surface area contributed by atoms with E-state index in [9.17, 15) is 9.18 Å². The number of carbonyl (C=O) groups excluding carboxylic acids is 1. The summed E-state index contributed by atoms with van der Waals surface area (Å²) >= 11 is 0. The molecular formula is C22H25FN6O2. The number of nitrogens with zero attached hydrogens (tertiary/aromatic N) is 5. The number of aromatic nitrogens is 4. The van der Waals surface area contributed by atoms with Gasteiger partial charge in [0.15, 0.2) is 5.82 Å². The van der Waals surface area contributed by atoms with Crippen molar-refractivity contribution in [2.24, 2.45) is 5.92 Å². The van der Waals surface area contributed by atoms with E-state index < -0.39 is 5.82 Å². The molecule has 0 radical (unpaired) electrons. The summed E-state index contributed by atoms with van der Waals surface area (Å²) in [4.78, 5) is 32.6. The van der Waals surface area contributed by atoms with Crippen LogP contribution >= 0.6 is 0 Å². The third-order valence-electron chi connectivity index (χ3n) is 6.00. The highest BCUT2D eigenvalue weighted by Crippen LogP contribution is 2.36. The average molecular weight is 424 g/mol. The van der Waals surface area contributed by atoms with Crippen LogP contribution in [0.3, 0.4) is 0 Å². The number of hydrogen-bond acceptors (Lipinski definition) is 6. The minimum absolute atomic E-state index is 0.0967. The molecule has 0 aliphatic carbocycles. The first kappa shape index (κ1) is 19.7. The fourth-order valence-corrected chi connectivity index (χ4v) is 4.60. The predicted octanol–water partition coefficient (Wildman–Crippen LogP) is 3.60. The molecule has 5 rings (SSSR count). The molecule has 8 nitrogen and oxygen atoms in total. The Kier molecular flexibility index (Phi) is 4.95. The van der Waals surface area contributed by atoms with Crippen LogP contribution in [0.25, 0.3) is 22.3 Å². The van der Waals surface area contributed by atoms with Crippen molar-refractivity contribution >= 4 is 22.9 Å². The molecule has 31 heavy (non-hydrogen) atoms. The van der Waals surface area contributed by atoms with Crippen LogP contribution in [0.1, 0.15) is 26.7 Å². The zero-order valence-corrected chi connectivity index (χ0v) is 17.6. The second kappa shape index (κ2) is 7.79. The monoisotopic (exact) mass is 424 g/mol. The number of carbonyl (C=O) groups is 1. The van der Waals surface area contributed by atoms with Crippen molar-refractivity contribution in [3.63, 3.8) is 0 Å². The van der Waals surface area contributed by atoms with Gasteiger partial charge in [-0.3, -0.25) is 9.88 Å². The van der Waals surface area contributed by atoms with Gasteiger partial charge in [0.05, 0.1) is 36.0 Å². The molecule has 2 fully saturated rings. The lowest BCUT2D eigenvalue weighted by Gasteiger charge is -2.41. The summed E-state index contributed by atoms with van der Waals surface area (Å²) in [6, 6.07) is 3.71. The van der Waals surface area contributed by atoms with Crippen LogP contribution in [0.5, 0.6) is 0 Å². The zero-order valence-electron chi connectivity index (χ0n) is 17.6. The smallest absolute Gasteiger partial charge is 0.410 e. The van der Waals surface area contributed by atoms with Gasteiger partial charge in [0, 0.05) is 24.8 Å². The Hall–Kier alpha value is -3.23. The first-order valence-corrected chi connectivity index (χ1v) is 10.6. The Labute approximate surface area is 179 Å². The summed E-state index contributed by atoms with van der Waals surface area (Å²) < 4.78 is 19.7. The number of anilines is 1. The van der Waals surface area contributed by atoms with Crippen molar-refractivity contribution in [1.29, 1.82) is 0 Å². The number of hydrogen-bond donors (Lipinski definition) is 1. The van der Waals surface area contributed by atoms with E-state index in [2.05, 4.69) is 24.8 Å². The number of halogens is 1. The Bertz CT molecular complexity index is 1100. The minimum Gasteiger partial charge on any atom is -0.449 e. The molecule has 0 saturated carbocycles. The quantitative estimate of drug-likeness (QED) is 0.689. The topological polar surface area (TPSA) is 87.2 Å². The molecule has 2 aliphatic rings. The largest absolute Gasteiger partial charge is 0.449 e. The number of fused-ring (bicyclic) bond motifs is 3. The fourth-order valence-electron chi connectivity index (χ4n) is 4.60. The summed E-state index contributed by atoms with van der Waals surface area (Å²) in [5, 5.41) is 0.837. The summed E-state index contributed by atoms with van der Waals surface area (Å²) in [5.74, 6) is 0.717. The molecule has 162 valence electrons. The van der Waals surface area contributed by atoms with Crippen molar-refractivity contribution in [2.45, 2.75) is 38.8 Å². The van der Waals surface area contributed by atoms with Crippen LogP contribution in [0.2, 0.25) is 0 Å². The molecule has 2 bridgehead atoms. The van der Waals surface area contributed by atoms with Crippen molar-refractivity contribution in [2.75, 3.05) is 24.6 Å². The molecule has 2 unspecified atom stereocenters. The Morgan fingerprint density at radius 1 is 1.29 bits per heavy atom. The molecule has 9 heteroatoms. The molecule has 3 aromatic rings. The van der Waals surface area contributed by atoms with E-state index in [1.807, 2.05) is 24.8 Å². The van der Waals surface area contributed by atoms with E-state index in [1.54, 1.807) is 12.3 Å². The van der Waals surface area contributed by atoms with Gasteiger partial charge in [-0.1, -0.05) is 13.8 Å². The summed E-state index contributed by atoms with van der Waals surface area (Å²) in [7, 11) is 0. The molecule has 5 heterocycles. The van der Waals surface area contributed by atoms with Crippen molar-refractivity contribution in [1.82, 2.24) is 24.8 Å². The highest BCUT2D eigenvalue weighted by atomic mass is 19.1. The lowest BCUT2D eigenvalue weighted by Crippen LogP contribution is -2.56. The number of nitrogens with one attached hydrogen (secondary N) is 1. The average Bonchev–Trinajstić information content (AvgIpc) is 3.30. The molecule has 0 spiro atoms. The molecule has 1 amide bonds. The maximum atomic E-state index is 14.2. The third-order valence-corrected chi connectivity index (χ3v) is 6.00. The van der Waals surface area contributed by atoms with Gasteiger partial charge in [0.25, 0.3) is 0 Å². The first-order chi connectivity index (χ1) is 15.0. The van der Waals surface area contributed by atoms with E-state index in [0.717, 1.165) is 24.0 Å². The van der Waals surface area contributed by atoms with E-state index in [-0.39, 0.29) is 18.2 Å². The summed E-state index contributed by atoms with van der Waals surface area (Å²) in [6.07, 6.45) is 5.96.